The summed E-state index contributed by atoms with van der Waals surface area (Å²) in [5.41, 5.74) is 0. The van der Waals surface area contributed by atoms with E-state index in [0.29, 0.717) is 19.8 Å². The first-order chi connectivity index (χ1) is 11.9. The number of hydrogen-bond donors (Lipinski definition) is 2. The van der Waals surface area contributed by atoms with Crippen molar-refractivity contribution in [3.63, 3.8) is 0 Å². The topological polar surface area (TPSA) is 93.7 Å². The van der Waals surface area contributed by atoms with Gasteiger partial charge in [-0.25, -0.2) is 0 Å². The van der Waals surface area contributed by atoms with Crippen LogP contribution in [-0.4, -0.2) is 56.1 Å². The van der Waals surface area contributed by atoms with E-state index in [0.717, 1.165) is 25.7 Å². The fourth-order valence-corrected chi connectivity index (χ4v) is 2.80. The van der Waals surface area contributed by atoms with Gasteiger partial charge in [-0.05, 0) is 46.5 Å². The summed E-state index contributed by atoms with van der Waals surface area (Å²) in [5.74, 6) is -0.0279. The van der Waals surface area contributed by atoms with Crippen LogP contribution in [0.2, 0.25) is 0 Å². The molecule has 0 spiro atoms. The first-order valence-corrected chi connectivity index (χ1v) is 9.14. The lowest BCUT2D eigenvalue weighted by Gasteiger charge is -2.27. The minimum atomic E-state index is -0.208. The lowest BCUT2D eigenvalue weighted by molar-refractivity contribution is -0.127. The summed E-state index contributed by atoms with van der Waals surface area (Å²) in [7, 11) is 0. The second kappa shape index (κ2) is 12.0. The molecule has 0 aromatic heterocycles. The molecule has 1 aliphatic rings. The molecular weight excluding hydrogens is 324 g/mol. The Balaban J connectivity index is 2.04. The predicted molar refractivity (Wildman–Crippen MR) is 94.1 cm³/mol. The molecule has 2 N–H and O–H groups in total. The van der Waals surface area contributed by atoms with Crippen LogP contribution >= 0.6 is 0 Å². The largest absolute Gasteiger partial charge is 0.379 e. The Morgan fingerprint density at radius 1 is 1.00 bits per heavy atom. The number of rotatable bonds is 11. The van der Waals surface area contributed by atoms with Gasteiger partial charge in [-0.2, -0.15) is 0 Å². The van der Waals surface area contributed by atoms with Gasteiger partial charge in [0.2, 0.25) is 11.8 Å². The molecule has 144 valence electrons. The Kier molecular flexibility index (Phi) is 10.3. The van der Waals surface area contributed by atoms with Gasteiger partial charge in [-0.15, -0.1) is 0 Å². The second-order valence-corrected chi connectivity index (χ2v) is 6.79. The van der Waals surface area contributed by atoms with Crippen LogP contribution in [0.4, 0.5) is 0 Å². The highest BCUT2D eigenvalue weighted by Gasteiger charge is 2.24. The minimum absolute atomic E-state index is 0.0259. The molecule has 1 rings (SSSR count). The molecule has 0 saturated heterocycles. The molecule has 0 unspecified atom stereocenters. The van der Waals surface area contributed by atoms with Gasteiger partial charge in [0.1, 0.15) is 5.78 Å². The third-order valence-electron chi connectivity index (χ3n) is 4.27. The standard InChI is InChI=1S/C18H32N2O5/c1-13(2)25-11-10-24-9-8-17(22)19-12-18(23)20-16-6-4-15(5-7-16)14(3)21/h13,15-16H,4-12H2,1-3H3,(H,19,22)(H,20,23). The number of amides is 2. The molecule has 2 amide bonds. The average molecular weight is 356 g/mol. The second-order valence-electron chi connectivity index (χ2n) is 6.79. The molecule has 25 heavy (non-hydrogen) atoms. The van der Waals surface area contributed by atoms with Gasteiger partial charge in [-0.1, -0.05) is 0 Å². The Bertz CT molecular complexity index is 431. The van der Waals surface area contributed by atoms with Crippen LogP contribution < -0.4 is 10.6 Å². The summed E-state index contributed by atoms with van der Waals surface area (Å²) in [6.45, 7) is 6.77. The molecule has 0 radical (unpaired) electrons. The van der Waals surface area contributed by atoms with E-state index in [-0.39, 0.29) is 48.6 Å². The Morgan fingerprint density at radius 2 is 1.68 bits per heavy atom. The van der Waals surface area contributed by atoms with Crippen molar-refractivity contribution in [2.75, 3.05) is 26.4 Å². The van der Waals surface area contributed by atoms with Crippen LogP contribution in [0.3, 0.4) is 0 Å². The smallest absolute Gasteiger partial charge is 0.239 e. The van der Waals surface area contributed by atoms with E-state index in [2.05, 4.69) is 10.6 Å². The number of carbonyl (C=O) groups is 3. The van der Waals surface area contributed by atoms with Crippen molar-refractivity contribution in [3.8, 4) is 0 Å². The van der Waals surface area contributed by atoms with Crippen molar-refractivity contribution in [2.45, 2.75) is 65.0 Å². The highest BCUT2D eigenvalue weighted by Crippen LogP contribution is 2.24. The number of nitrogens with one attached hydrogen (secondary N) is 2. The zero-order valence-corrected chi connectivity index (χ0v) is 15.6. The van der Waals surface area contributed by atoms with Crippen LogP contribution in [0.25, 0.3) is 0 Å². The minimum Gasteiger partial charge on any atom is -0.379 e. The van der Waals surface area contributed by atoms with Gasteiger partial charge in [0.05, 0.1) is 32.5 Å². The van der Waals surface area contributed by atoms with E-state index in [9.17, 15) is 14.4 Å². The molecule has 0 heterocycles. The van der Waals surface area contributed by atoms with Crippen molar-refractivity contribution < 1.29 is 23.9 Å². The van der Waals surface area contributed by atoms with E-state index >= 15 is 0 Å². The fourth-order valence-electron chi connectivity index (χ4n) is 2.80. The van der Waals surface area contributed by atoms with Gasteiger partial charge in [0.15, 0.2) is 0 Å². The normalized spacial score (nSPS) is 20.3. The Hall–Kier alpha value is -1.47. The van der Waals surface area contributed by atoms with Gasteiger partial charge < -0.3 is 20.1 Å². The molecule has 0 aliphatic heterocycles. The van der Waals surface area contributed by atoms with Crippen molar-refractivity contribution >= 4 is 17.6 Å². The van der Waals surface area contributed by atoms with Crippen molar-refractivity contribution in [2.24, 2.45) is 5.92 Å². The molecule has 0 aromatic rings. The zero-order chi connectivity index (χ0) is 18.7. The number of hydrogen-bond acceptors (Lipinski definition) is 5. The maximum Gasteiger partial charge on any atom is 0.239 e. The first-order valence-electron chi connectivity index (χ1n) is 9.14. The SMILES string of the molecule is CC(=O)C1CCC(NC(=O)CNC(=O)CCOCCOC(C)C)CC1. The molecule has 7 heteroatoms. The van der Waals surface area contributed by atoms with E-state index < -0.39 is 0 Å². The molecular formula is C18H32N2O5. The Morgan fingerprint density at radius 3 is 2.28 bits per heavy atom. The first kappa shape index (κ1) is 21.6. The van der Waals surface area contributed by atoms with Crippen molar-refractivity contribution in [3.05, 3.63) is 0 Å². The van der Waals surface area contributed by atoms with Crippen LogP contribution in [0.5, 0.6) is 0 Å². The fraction of sp³-hybridized carbons (Fsp3) is 0.833. The monoisotopic (exact) mass is 356 g/mol. The summed E-state index contributed by atoms with van der Waals surface area (Å²) in [4.78, 5) is 34.9. The number of ketones is 1. The van der Waals surface area contributed by atoms with Crippen molar-refractivity contribution in [1.82, 2.24) is 10.6 Å². The average Bonchev–Trinajstić information content (AvgIpc) is 2.56. The highest BCUT2D eigenvalue weighted by molar-refractivity contribution is 5.84. The molecule has 0 bridgehead atoms. The van der Waals surface area contributed by atoms with Crippen LogP contribution in [-0.2, 0) is 23.9 Å². The molecule has 0 atom stereocenters. The third kappa shape index (κ3) is 10.2. The summed E-state index contributed by atoms with van der Waals surface area (Å²) in [6.07, 6.45) is 3.67. The van der Waals surface area contributed by atoms with Crippen LogP contribution in [0, 0.1) is 5.92 Å². The van der Waals surface area contributed by atoms with E-state index in [1.807, 2.05) is 13.8 Å². The van der Waals surface area contributed by atoms with E-state index in [1.165, 1.54) is 0 Å². The summed E-state index contributed by atoms with van der Waals surface area (Å²) < 4.78 is 10.6. The number of Topliss-reactive ketones (excluding diaryl/α,β-unsaturated/α-hetero) is 1. The molecule has 7 nitrogen and oxygen atoms in total. The third-order valence-corrected chi connectivity index (χ3v) is 4.27. The number of carbonyl (C=O) groups excluding carboxylic acids is 3. The zero-order valence-electron chi connectivity index (χ0n) is 15.6. The Labute approximate surface area is 150 Å². The highest BCUT2D eigenvalue weighted by atomic mass is 16.5. The maximum absolute atomic E-state index is 11.9. The van der Waals surface area contributed by atoms with Crippen LogP contribution in [0.1, 0.15) is 52.9 Å². The van der Waals surface area contributed by atoms with Gasteiger partial charge in [0, 0.05) is 18.4 Å². The summed E-state index contributed by atoms with van der Waals surface area (Å²) >= 11 is 0. The quantitative estimate of drug-likeness (QED) is 0.543. The van der Waals surface area contributed by atoms with Gasteiger partial charge in [0.25, 0.3) is 0 Å². The molecule has 1 fully saturated rings. The van der Waals surface area contributed by atoms with Crippen molar-refractivity contribution in [1.29, 1.82) is 0 Å². The van der Waals surface area contributed by atoms with Crippen LogP contribution in [0.15, 0.2) is 0 Å². The lowest BCUT2D eigenvalue weighted by atomic mass is 9.84. The number of ether oxygens (including phenoxy) is 2. The predicted octanol–water partition coefficient (Wildman–Crippen LogP) is 1.20. The lowest BCUT2D eigenvalue weighted by Crippen LogP contribution is -2.43. The molecule has 1 aliphatic carbocycles. The summed E-state index contributed by atoms with van der Waals surface area (Å²) in [5, 5.41) is 5.51. The summed E-state index contributed by atoms with van der Waals surface area (Å²) in [6, 6.07) is 0.101. The maximum atomic E-state index is 11.9. The van der Waals surface area contributed by atoms with Gasteiger partial charge >= 0.3 is 0 Å². The molecule has 0 aromatic carbocycles. The van der Waals surface area contributed by atoms with E-state index in [4.69, 9.17) is 9.47 Å². The molecule has 1 saturated carbocycles. The van der Waals surface area contributed by atoms with Gasteiger partial charge in [-0.3, -0.25) is 14.4 Å². The van der Waals surface area contributed by atoms with E-state index in [1.54, 1.807) is 6.92 Å².